The van der Waals surface area contributed by atoms with Crippen molar-refractivity contribution in [2.24, 2.45) is 5.41 Å². The van der Waals surface area contributed by atoms with E-state index in [9.17, 15) is 14.4 Å². The second-order valence-corrected chi connectivity index (χ2v) is 11.0. The molecule has 7 heteroatoms. The van der Waals surface area contributed by atoms with Gasteiger partial charge in [-0.3, -0.25) is 9.59 Å². The fourth-order valence-electron chi connectivity index (χ4n) is 4.38. The minimum atomic E-state index is -0.756. The maximum absolute atomic E-state index is 13.8. The van der Waals surface area contributed by atoms with E-state index >= 15 is 0 Å². The van der Waals surface area contributed by atoms with E-state index in [0.717, 1.165) is 12.0 Å². The lowest BCUT2D eigenvalue weighted by Crippen LogP contribution is -2.61. The highest BCUT2D eigenvalue weighted by Crippen LogP contribution is 2.29. The molecule has 3 unspecified atom stereocenters. The first-order valence-electron chi connectivity index (χ1n) is 12.9. The molecule has 0 aliphatic rings. The van der Waals surface area contributed by atoms with Gasteiger partial charge in [-0.05, 0) is 38.3 Å². The Balaban J connectivity index is 3.25. The van der Waals surface area contributed by atoms with E-state index in [2.05, 4.69) is 10.6 Å². The lowest BCUT2D eigenvalue weighted by molar-refractivity contribution is -0.140. The van der Waals surface area contributed by atoms with Crippen LogP contribution in [0.1, 0.15) is 73.8 Å². The molecule has 1 rings (SSSR count). The van der Waals surface area contributed by atoms with Crippen molar-refractivity contribution in [3.63, 3.8) is 0 Å². The molecule has 36 heavy (non-hydrogen) atoms. The average molecular weight is 502 g/mol. The Hall–Kier alpha value is -2.67. The number of benzene rings is 1. The first-order valence-corrected chi connectivity index (χ1v) is 12.9. The molecule has 202 valence electrons. The number of esters is 1. The predicted octanol–water partition coefficient (Wildman–Crippen LogP) is 4.22. The third kappa shape index (κ3) is 8.19. The van der Waals surface area contributed by atoms with Crippen molar-refractivity contribution in [2.45, 2.75) is 91.8 Å². The molecule has 2 amide bonds. The summed E-state index contributed by atoms with van der Waals surface area (Å²) in [6.45, 7) is 15.6. The van der Waals surface area contributed by atoms with Gasteiger partial charge in [0.2, 0.25) is 11.8 Å². The molecule has 3 atom stereocenters. The number of hydrogen-bond acceptors (Lipinski definition) is 5. The van der Waals surface area contributed by atoms with Gasteiger partial charge in [0.1, 0.15) is 6.04 Å². The standard InChI is InChI=1S/C29H47N3O4/c1-11-16-22(19-20(3)27(35)36-12-2)32(10)26(34)24(28(4,5)6)31-25(33)23(30-9)29(7,8)21-17-14-13-15-18-21/h13-15,17-19,22-24,30H,11-12,16H2,1-10H3,(H,31,33)/b20-19+. The van der Waals surface area contributed by atoms with Crippen molar-refractivity contribution in [3.05, 3.63) is 47.5 Å². The molecule has 0 aliphatic carbocycles. The topological polar surface area (TPSA) is 87.7 Å². The smallest absolute Gasteiger partial charge is 0.333 e. The Labute approximate surface area is 218 Å². The van der Waals surface area contributed by atoms with E-state index in [4.69, 9.17) is 4.74 Å². The zero-order valence-corrected chi connectivity index (χ0v) is 23.9. The van der Waals surface area contributed by atoms with Crippen LogP contribution in [0, 0.1) is 5.41 Å². The van der Waals surface area contributed by atoms with Crippen LogP contribution in [0.15, 0.2) is 42.0 Å². The summed E-state index contributed by atoms with van der Waals surface area (Å²) < 4.78 is 5.11. The average Bonchev–Trinajstić information content (AvgIpc) is 2.81. The Kier molecular flexibility index (Phi) is 11.8. The highest BCUT2D eigenvalue weighted by Gasteiger charge is 2.41. The van der Waals surface area contributed by atoms with Gasteiger partial charge >= 0.3 is 5.97 Å². The number of nitrogens with zero attached hydrogens (tertiary/aromatic N) is 1. The third-order valence-corrected chi connectivity index (χ3v) is 6.66. The fourth-order valence-corrected chi connectivity index (χ4v) is 4.38. The second kappa shape index (κ2) is 13.6. The highest BCUT2D eigenvalue weighted by molar-refractivity contribution is 5.92. The molecule has 1 aromatic carbocycles. The van der Waals surface area contributed by atoms with Crippen LogP contribution in [0.2, 0.25) is 0 Å². The van der Waals surface area contributed by atoms with Gasteiger partial charge in [-0.2, -0.15) is 0 Å². The van der Waals surface area contributed by atoms with Gasteiger partial charge in [-0.25, -0.2) is 4.79 Å². The van der Waals surface area contributed by atoms with Crippen molar-refractivity contribution in [1.82, 2.24) is 15.5 Å². The van der Waals surface area contributed by atoms with Crippen LogP contribution in [0.5, 0.6) is 0 Å². The Morgan fingerprint density at radius 3 is 2.08 bits per heavy atom. The van der Waals surface area contributed by atoms with Crippen LogP contribution >= 0.6 is 0 Å². The zero-order valence-electron chi connectivity index (χ0n) is 23.9. The van der Waals surface area contributed by atoms with Crippen LogP contribution in [0.3, 0.4) is 0 Å². The van der Waals surface area contributed by atoms with Crippen LogP contribution in [0.25, 0.3) is 0 Å². The lowest BCUT2D eigenvalue weighted by Gasteiger charge is -2.39. The number of nitrogens with one attached hydrogen (secondary N) is 2. The predicted molar refractivity (Wildman–Crippen MR) is 146 cm³/mol. The van der Waals surface area contributed by atoms with E-state index in [1.54, 1.807) is 38.9 Å². The second-order valence-electron chi connectivity index (χ2n) is 11.0. The number of amides is 2. The van der Waals surface area contributed by atoms with E-state index in [1.165, 1.54) is 0 Å². The number of ether oxygens (including phenoxy) is 1. The molecule has 0 radical (unpaired) electrons. The first kappa shape index (κ1) is 31.4. The fraction of sp³-hybridized carbons (Fsp3) is 0.621. The van der Waals surface area contributed by atoms with Gasteiger partial charge in [0.25, 0.3) is 0 Å². The van der Waals surface area contributed by atoms with Crippen molar-refractivity contribution in [2.75, 3.05) is 20.7 Å². The summed E-state index contributed by atoms with van der Waals surface area (Å²) in [7, 11) is 3.49. The van der Waals surface area contributed by atoms with Gasteiger partial charge in [-0.15, -0.1) is 0 Å². The van der Waals surface area contributed by atoms with E-state index in [1.807, 2.05) is 71.9 Å². The van der Waals surface area contributed by atoms with Crippen LogP contribution in [-0.4, -0.2) is 61.5 Å². The number of carbonyl (C=O) groups is 3. The Morgan fingerprint density at radius 2 is 1.61 bits per heavy atom. The third-order valence-electron chi connectivity index (χ3n) is 6.66. The van der Waals surface area contributed by atoms with Crippen LogP contribution in [0.4, 0.5) is 0 Å². The molecule has 0 aromatic heterocycles. The Bertz CT molecular complexity index is 903. The van der Waals surface area contributed by atoms with E-state index < -0.39 is 22.9 Å². The molecule has 0 aliphatic heterocycles. The minimum absolute atomic E-state index is 0.199. The molecular weight excluding hydrogens is 454 g/mol. The lowest BCUT2D eigenvalue weighted by atomic mass is 9.76. The molecule has 0 bridgehead atoms. The minimum Gasteiger partial charge on any atom is -0.463 e. The monoisotopic (exact) mass is 501 g/mol. The van der Waals surface area contributed by atoms with E-state index in [-0.39, 0.29) is 23.8 Å². The van der Waals surface area contributed by atoms with Crippen molar-refractivity contribution < 1.29 is 19.1 Å². The Morgan fingerprint density at radius 1 is 1.03 bits per heavy atom. The van der Waals surface area contributed by atoms with Crippen LogP contribution in [-0.2, 0) is 24.5 Å². The van der Waals surface area contributed by atoms with Gasteiger partial charge in [0, 0.05) is 18.0 Å². The molecule has 0 saturated heterocycles. The van der Waals surface area contributed by atoms with Gasteiger partial charge in [-0.1, -0.05) is 84.4 Å². The molecular formula is C29H47N3O4. The molecule has 0 heterocycles. The number of carbonyl (C=O) groups excluding carboxylic acids is 3. The van der Waals surface area contributed by atoms with Crippen molar-refractivity contribution in [1.29, 1.82) is 0 Å². The van der Waals surface area contributed by atoms with Crippen molar-refractivity contribution in [3.8, 4) is 0 Å². The summed E-state index contributed by atoms with van der Waals surface area (Å²) in [5.74, 6) is -0.826. The molecule has 0 fully saturated rings. The molecule has 0 saturated carbocycles. The van der Waals surface area contributed by atoms with Gasteiger partial charge < -0.3 is 20.3 Å². The van der Waals surface area contributed by atoms with Gasteiger partial charge in [0.15, 0.2) is 0 Å². The number of hydrogen-bond donors (Lipinski definition) is 2. The summed E-state index contributed by atoms with van der Waals surface area (Å²) in [5.41, 5.74) is 0.443. The maximum atomic E-state index is 13.8. The summed E-state index contributed by atoms with van der Waals surface area (Å²) in [5, 5.41) is 6.21. The quantitative estimate of drug-likeness (QED) is 0.331. The SMILES string of the molecule is CCCC(/C=C(\C)C(=O)OCC)N(C)C(=O)C(NC(=O)C(NC)C(C)(C)c1ccccc1)C(C)(C)C. The zero-order chi connectivity index (χ0) is 27.7. The molecule has 7 nitrogen and oxygen atoms in total. The highest BCUT2D eigenvalue weighted by atomic mass is 16.5. The summed E-state index contributed by atoms with van der Waals surface area (Å²) in [4.78, 5) is 41.2. The largest absolute Gasteiger partial charge is 0.463 e. The molecule has 2 N–H and O–H groups in total. The van der Waals surface area contributed by atoms with Crippen molar-refractivity contribution >= 4 is 17.8 Å². The van der Waals surface area contributed by atoms with Crippen LogP contribution < -0.4 is 10.6 Å². The number of rotatable bonds is 12. The summed E-state index contributed by atoms with van der Waals surface area (Å²) in [6, 6.07) is 8.26. The van der Waals surface area contributed by atoms with E-state index in [0.29, 0.717) is 18.6 Å². The maximum Gasteiger partial charge on any atom is 0.333 e. The number of likely N-dealkylation sites (N-methyl/N-ethyl adjacent to an activating group) is 2. The summed E-state index contributed by atoms with van der Waals surface area (Å²) >= 11 is 0. The van der Waals surface area contributed by atoms with Gasteiger partial charge in [0.05, 0.1) is 18.7 Å². The summed E-state index contributed by atoms with van der Waals surface area (Å²) in [6.07, 6.45) is 3.30. The molecule has 1 aromatic rings. The normalized spacial score (nSPS) is 15.0. The molecule has 0 spiro atoms. The first-order chi connectivity index (χ1) is 16.7.